The fourth-order valence-electron chi connectivity index (χ4n) is 2.80. The zero-order valence-corrected chi connectivity index (χ0v) is 17.2. The van der Waals surface area contributed by atoms with Crippen molar-refractivity contribution >= 4 is 45.0 Å². The number of nitrogens with one attached hydrogen (secondary N) is 1. The molecule has 1 amide bonds. The molecular formula is C20H18N4O2S2. The minimum absolute atomic E-state index is 0.181. The van der Waals surface area contributed by atoms with E-state index >= 15 is 0 Å². The fraction of sp³-hybridized carbons (Fsp3) is 0.150. The fourth-order valence-corrected chi connectivity index (χ4v) is 4.17. The number of ether oxygens (including phenoxy) is 1. The average Bonchev–Trinajstić information content (AvgIpc) is 3.30. The number of nitrogens with zero attached hydrogens (tertiary/aromatic N) is 3. The van der Waals surface area contributed by atoms with Crippen LogP contribution in [0.1, 0.15) is 16.1 Å². The van der Waals surface area contributed by atoms with Crippen molar-refractivity contribution in [2.45, 2.75) is 11.8 Å². The summed E-state index contributed by atoms with van der Waals surface area (Å²) in [6, 6.07) is 15.1. The van der Waals surface area contributed by atoms with Gasteiger partial charge in [-0.2, -0.15) is 9.78 Å². The van der Waals surface area contributed by atoms with Gasteiger partial charge >= 0.3 is 0 Å². The van der Waals surface area contributed by atoms with E-state index in [0.717, 1.165) is 26.6 Å². The van der Waals surface area contributed by atoms with Crippen molar-refractivity contribution in [3.8, 4) is 10.9 Å². The SMILES string of the molecule is COc1ccc2sc(-n3nc(C)cc3NC(=O)c3cccc(SC)c3)nc2c1. The number of rotatable bonds is 5. The average molecular weight is 411 g/mol. The molecule has 0 aliphatic carbocycles. The lowest BCUT2D eigenvalue weighted by Gasteiger charge is -2.07. The predicted octanol–water partition coefficient (Wildman–Crippen LogP) is 4.77. The van der Waals surface area contributed by atoms with Gasteiger partial charge in [-0.25, -0.2) is 4.98 Å². The van der Waals surface area contributed by atoms with E-state index in [1.54, 1.807) is 29.6 Å². The van der Waals surface area contributed by atoms with Crippen LogP contribution in [0.15, 0.2) is 53.4 Å². The number of hydrogen-bond acceptors (Lipinski definition) is 6. The number of thioether (sulfide) groups is 1. The first-order valence-electron chi connectivity index (χ1n) is 8.54. The molecule has 0 unspecified atom stereocenters. The van der Waals surface area contributed by atoms with Crippen LogP contribution in [-0.4, -0.2) is 34.0 Å². The van der Waals surface area contributed by atoms with Crippen LogP contribution < -0.4 is 10.1 Å². The van der Waals surface area contributed by atoms with Crippen LogP contribution in [0.25, 0.3) is 15.3 Å². The van der Waals surface area contributed by atoms with Crippen LogP contribution in [0.3, 0.4) is 0 Å². The number of benzene rings is 2. The molecule has 6 nitrogen and oxygen atoms in total. The number of thiazole rings is 1. The molecule has 0 aliphatic heterocycles. The summed E-state index contributed by atoms with van der Waals surface area (Å²) in [5.74, 6) is 1.16. The van der Waals surface area contributed by atoms with E-state index in [9.17, 15) is 4.79 Å². The third kappa shape index (κ3) is 3.61. The van der Waals surface area contributed by atoms with E-state index in [0.29, 0.717) is 16.5 Å². The van der Waals surface area contributed by atoms with E-state index in [1.165, 1.54) is 11.3 Å². The lowest BCUT2D eigenvalue weighted by atomic mass is 10.2. The van der Waals surface area contributed by atoms with Crippen molar-refractivity contribution in [2.24, 2.45) is 0 Å². The Morgan fingerprint density at radius 3 is 2.86 bits per heavy atom. The molecule has 4 rings (SSSR count). The number of amides is 1. The van der Waals surface area contributed by atoms with Crippen LogP contribution in [0.4, 0.5) is 5.82 Å². The number of methoxy groups -OCH3 is 1. The smallest absolute Gasteiger partial charge is 0.256 e. The van der Waals surface area contributed by atoms with Crippen LogP contribution in [0, 0.1) is 6.92 Å². The molecule has 142 valence electrons. The number of anilines is 1. The zero-order valence-electron chi connectivity index (χ0n) is 15.6. The number of aryl methyl sites for hydroxylation is 1. The van der Waals surface area contributed by atoms with Crippen LogP contribution in [0.5, 0.6) is 5.75 Å². The van der Waals surface area contributed by atoms with Crippen molar-refractivity contribution in [3.63, 3.8) is 0 Å². The molecule has 0 radical (unpaired) electrons. The van der Waals surface area contributed by atoms with Gasteiger partial charge in [0.2, 0.25) is 5.13 Å². The summed E-state index contributed by atoms with van der Waals surface area (Å²) >= 11 is 3.11. The molecular weight excluding hydrogens is 392 g/mol. The summed E-state index contributed by atoms with van der Waals surface area (Å²) in [7, 11) is 1.63. The molecule has 2 aromatic heterocycles. The van der Waals surface area contributed by atoms with Gasteiger partial charge < -0.3 is 10.1 Å². The molecule has 0 aliphatic rings. The highest BCUT2D eigenvalue weighted by Gasteiger charge is 2.16. The normalized spacial score (nSPS) is 11.0. The second-order valence-electron chi connectivity index (χ2n) is 6.10. The maximum Gasteiger partial charge on any atom is 0.256 e. The molecule has 0 bridgehead atoms. The molecule has 0 saturated heterocycles. The quantitative estimate of drug-likeness (QED) is 0.480. The summed E-state index contributed by atoms with van der Waals surface area (Å²) in [5, 5.41) is 8.16. The minimum Gasteiger partial charge on any atom is -0.497 e. The van der Waals surface area contributed by atoms with Gasteiger partial charge in [0, 0.05) is 22.6 Å². The maximum atomic E-state index is 12.7. The Hall–Kier alpha value is -2.84. The monoisotopic (exact) mass is 410 g/mol. The first-order valence-corrected chi connectivity index (χ1v) is 10.6. The Kier molecular flexibility index (Phi) is 5.06. The van der Waals surface area contributed by atoms with Gasteiger partial charge in [-0.05, 0) is 43.5 Å². The van der Waals surface area contributed by atoms with E-state index in [-0.39, 0.29) is 5.91 Å². The second kappa shape index (κ2) is 7.65. The lowest BCUT2D eigenvalue weighted by molar-refractivity contribution is 0.102. The summed E-state index contributed by atoms with van der Waals surface area (Å²) in [6.45, 7) is 1.89. The molecule has 1 N–H and O–H groups in total. The highest BCUT2D eigenvalue weighted by atomic mass is 32.2. The van der Waals surface area contributed by atoms with Crippen LogP contribution >= 0.6 is 23.1 Å². The Morgan fingerprint density at radius 1 is 1.21 bits per heavy atom. The van der Waals surface area contributed by atoms with E-state index in [2.05, 4.69) is 15.4 Å². The summed E-state index contributed by atoms with van der Waals surface area (Å²) < 4.78 is 7.96. The van der Waals surface area contributed by atoms with Crippen molar-refractivity contribution in [1.82, 2.24) is 14.8 Å². The molecule has 2 heterocycles. The lowest BCUT2D eigenvalue weighted by Crippen LogP contribution is -2.15. The molecule has 0 spiro atoms. The van der Waals surface area contributed by atoms with E-state index in [1.807, 2.05) is 55.6 Å². The maximum absolute atomic E-state index is 12.7. The molecule has 2 aromatic carbocycles. The summed E-state index contributed by atoms with van der Waals surface area (Å²) in [5.41, 5.74) is 2.23. The predicted molar refractivity (Wildman–Crippen MR) is 114 cm³/mol. The van der Waals surface area contributed by atoms with Crippen molar-refractivity contribution in [2.75, 3.05) is 18.7 Å². The van der Waals surface area contributed by atoms with Gasteiger partial charge in [0.1, 0.15) is 11.6 Å². The Bertz CT molecular complexity index is 1170. The first-order chi connectivity index (χ1) is 13.6. The van der Waals surface area contributed by atoms with Crippen LogP contribution in [0.2, 0.25) is 0 Å². The minimum atomic E-state index is -0.181. The van der Waals surface area contributed by atoms with Gasteiger partial charge in [-0.1, -0.05) is 17.4 Å². The van der Waals surface area contributed by atoms with Crippen LogP contribution in [-0.2, 0) is 0 Å². The van der Waals surface area contributed by atoms with E-state index in [4.69, 9.17) is 4.74 Å². The molecule has 4 aromatic rings. The number of hydrogen-bond donors (Lipinski definition) is 1. The number of carbonyl (C=O) groups is 1. The second-order valence-corrected chi connectivity index (χ2v) is 7.99. The molecule has 28 heavy (non-hydrogen) atoms. The van der Waals surface area contributed by atoms with Gasteiger partial charge in [-0.3, -0.25) is 4.79 Å². The summed E-state index contributed by atoms with van der Waals surface area (Å²) in [4.78, 5) is 18.4. The molecule has 0 saturated carbocycles. The third-order valence-corrected chi connectivity index (χ3v) is 5.91. The van der Waals surface area contributed by atoms with Gasteiger partial charge in [0.25, 0.3) is 5.91 Å². The van der Waals surface area contributed by atoms with Crippen molar-refractivity contribution < 1.29 is 9.53 Å². The zero-order chi connectivity index (χ0) is 19.7. The summed E-state index contributed by atoms with van der Waals surface area (Å²) in [6.07, 6.45) is 1.98. The van der Waals surface area contributed by atoms with Gasteiger partial charge in [0.15, 0.2) is 0 Å². The first kappa shape index (κ1) is 18.5. The van der Waals surface area contributed by atoms with Gasteiger partial charge in [-0.15, -0.1) is 11.8 Å². The Balaban J connectivity index is 1.68. The standard InChI is InChI=1S/C20H18N4O2S2/c1-12-9-18(22-19(25)13-5-4-6-15(10-13)27-3)24(23-12)20-21-16-11-14(26-2)7-8-17(16)28-20/h4-11H,1-3H3,(H,22,25). The highest BCUT2D eigenvalue weighted by Crippen LogP contribution is 2.30. The number of fused-ring (bicyclic) bond motifs is 1. The third-order valence-electron chi connectivity index (χ3n) is 4.17. The highest BCUT2D eigenvalue weighted by molar-refractivity contribution is 7.98. The Labute approximate surface area is 170 Å². The molecule has 0 fully saturated rings. The number of carbonyl (C=O) groups excluding carboxylic acids is 1. The largest absolute Gasteiger partial charge is 0.497 e. The topological polar surface area (TPSA) is 69.0 Å². The Morgan fingerprint density at radius 2 is 2.07 bits per heavy atom. The molecule has 0 atom stereocenters. The number of aromatic nitrogens is 3. The van der Waals surface area contributed by atoms with Crippen molar-refractivity contribution in [3.05, 3.63) is 59.8 Å². The van der Waals surface area contributed by atoms with E-state index < -0.39 is 0 Å². The molecule has 8 heteroatoms. The van der Waals surface area contributed by atoms with Gasteiger partial charge in [0.05, 0.1) is 23.0 Å². The van der Waals surface area contributed by atoms with Crippen molar-refractivity contribution in [1.29, 1.82) is 0 Å².